The molecule has 0 heterocycles. The van der Waals surface area contributed by atoms with Gasteiger partial charge in [-0.1, -0.05) is 23.2 Å². The van der Waals surface area contributed by atoms with Crippen molar-refractivity contribution in [1.82, 2.24) is 0 Å². The summed E-state index contributed by atoms with van der Waals surface area (Å²) >= 11 is 12.5. The van der Waals surface area contributed by atoms with Crippen molar-refractivity contribution in [1.29, 1.82) is 0 Å². The Morgan fingerprint density at radius 3 is 2.00 bits per heavy atom. The van der Waals surface area contributed by atoms with Gasteiger partial charge >= 0.3 is 5.97 Å². The first-order chi connectivity index (χ1) is 12.5. The van der Waals surface area contributed by atoms with Crippen LogP contribution in [0.5, 0.6) is 11.5 Å². The van der Waals surface area contributed by atoms with E-state index in [1.165, 1.54) is 6.07 Å². The molecular weight excluding hydrogens is 391 g/mol. The van der Waals surface area contributed by atoms with E-state index < -0.39 is 5.97 Å². The van der Waals surface area contributed by atoms with Gasteiger partial charge in [-0.05, 0) is 11.6 Å². The highest BCUT2D eigenvalue weighted by Crippen LogP contribution is 2.43. The lowest BCUT2D eigenvalue weighted by Gasteiger charge is -2.17. The number of carboxylic acids is 1. The zero-order valence-corrected chi connectivity index (χ0v) is 16.1. The molecule has 1 aromatic rings. The number of aliphatic carboxylic acids is 1. The fourth-order valence-electron chi connectivity index (χ4n) is 1.79. The number of benzene rings is 1. The van der Waals surface area contributed by atoms with Crippen LogP contribution in [0.25, 0.3) is 0 Å². The molecule has 0 bridgehead atoms. The Hall–Kier alpha value is -1.29. The first-order valence-electron chi connectivity index (χ1n) is 7.62. The van der Waals surface area contributed by atoms with Crippen molar-refractivity contribution in [3.05, 3.63) is 21.7 Å². The van der Waals surface area contributed by atoms with Crippen molar-refractivity contribution in [2.24, 2.45) is 0 Å². The van der Waals surface area contributed by atoms with Crippen molar-refractivity contribution >= 4 is 29.2 Å². The number of hydrogen-bond acceptors (Lipinski definition) is 7. The molecule has 8 nitrogen and oxygen atoms in total. The molecule has 0 unspecified atom stereocenters. The highest BCUT2D eigenvalue weighted by atomic mass is 35.5. The maximum atomic E-state index is 11.0. The minimum absolute atomic E-state index is 0.0824. The van der Waals surface area contributed by atoms with Crippen LogP contribution in [-0.2, 0) is 30.2 Å². The van der Waals surface area contributed by atoms with E-state index in [0.29, 0.717) is 32.0 Å². The summed E-state index contributed by atoms with van der Waals surface area (Å²) in [7, 11) is 3.10. The van der Waals surface area contributed by atoms with E-state index in [2.05, 4.69) is 0 Å². The molecule has 26 heavy (non-hydrogen) atoms. The maximum absolute atomic E-state index is 11.0. The molecule has 0 fully saturated rings. The molecule has 1 N–H and O–H groups in total. The second-order valence-corrected chi connectivity index (χ2v) is 5.67. The minimum atomic E-state index is -1.05. The maximum Gasteiger partial charge on any atom is 0.307 e. The molecular formula is C16H22Cl2O8. The number of carboxylic acid groups (broad SMARTS) is 1. The largest absolute Gasteiger partial charge is 0.481 e. The van der Waals surface area contributed by atoms with E-state index in [1.807, 2.05) is 0 Å². The minimum Gasteiger partial charge on any atom is -0.481 e. The summed E-state index contributed by atoms with van der Waals surface area (Å²) in [6, 6.07) is 1.42. The van der Waals surface area contributed by atoms with Crippen LogP contribution in [0.15, 0.2) is 6.07 Å². The van der Waals surface area contributed by atoms with Gasteiger partial charge in [-0.2, -0.15) is 0 Å². The molecule has 0 spiro atoms. The van der Waals surface area contributed by atoms with E-state index in [-0.39, 0.29) is 41.6 Å². The Morgan fingerprint density at radius 2 is 1.50 bits per heavy atom. The van der Waals surface area contributed by atoms with Crippen LogP contribution in [0, 0.1) is 0 Å². The molecule has 0 radical (unpaired) electrons. The Balaban J connectivity index is 2.89. The molecule has 0 atom stereocenters. The van der Waals surface area contributed by atoms with E-state index in [1.54, 1.807) is 14.2 Å². The predicted molar refractivity (Wildman–Crippen MR) is 94.4 cm³/mol. The normalized spacial score (nSPS) is 10.8. The molecule has 10 heteroatoms. The fourth-order valence-corrected chi connectivity index (χ4v) is 2.33. The van der Waals surface area contributed by atoms with Gasteiger partial charge in [0.25, 0.3) is 0 Å². The summed E-state index contributed by atoms with van der Waals surface area (Å²) in [5.41, 5.74) is 0.295. The van der Waals surface area contributed by atoms with Crippen LogP contribution in [0.2, 0.25) is 10.0 Å². The third kappa shape index (κ3) is 7.94. The molecule has 1 aromatic carbocycles. The number of ether oxygens (including phenoxy) is 6. The standard InChI is InChI=1S/C16H22Cl2O8/c1-21-3-5-23-9-25-15-12(17)7-11(8-13(19)20)14(18)16(15)26-10-24-6-4-22-2/h7H,3-6,8-10H2,1-2H3,(H,19,20). The highest BCUT2D eigenvalue weighted by molar-refractivity contribution is 6.36. The van der Waals surface area contributed by atoms with Crippen LogP contribution in [-0.4, -0.2) is 65.3 Å². The molecule has 0 amide bonds. The van der Waals surface area contributed by atoms with Gasteiger partial charge in [-0.3, -0.25) is 4.79 Å². The van der Waals surface area contributed by atoms with Gasteiger partial charge in [0.1, 0.15) is 0 Å². The summed E-state index contributed by atoms with van der Waals surface area (Å²) in [6.45, 7) is 1.19. The van der Waals surface area contributed by atoms with Gasteiger partial charge in [0.2, 0.25) is 0 Å². The number of hydrogen-bond donors (Lipinski definition) is 1. The van der Waals surface area contributed by atoms with E-state index >= 15 is 0 Å². The smallest absolute Gasteiger partial charge is 0.307 e. The Kier molecular flexibility index (Phi) is 11.3. The van der Waals surface area contributed by atoms with Crippen molar-refractivity contribution in [3.8, 4) is 11.5 Å². The molecule has 0 aliphatic heterocycles. The van der Waals surface area contributed by atoms with Crippen molar-refractivity contribution < 1.29 is 38.3 Å². The Bertz CT molecular complexity index is 568. The van der Waals surface area contributed by atoms with Gasteiger partial charge in [-0.25, -0.2) is 0 Å². The van der Waals surface area contributed by atoms with Crippen LogP contribution in [0.1, 0.15) is 5.56 Å². The van der Waals surface area contributed by atoms with Gasteiger partial charge in [0.05, 0.1) is 42.9 Å². The van der Waals surface area contributed by atoms with Crippen molar-refractivity contribution in [3.63, 3.8) is 0 Å². The highest BCUT2D eigenvalue weighted by Gasteiger charge is 2.20. The lowest BCUT2D eigenvalue weighted by Crippen LogP contribution is -2.12. The molecule has 0 saturated carbocycles. The summed E-state index contributed by atoms with van der Waals surface area (Å²) in [5, 5.41) is 9.22. The lowest BCUT2D eigenvalue weighted by atomic mass is 10.1. The molecule has 0 aromatic heterocycles. The molecule has 1 rings (SSSR count). The van der Waals surface area contributed by atoms with E-state index in [0.717, 1.165) is 0 Å². The van der Waals surface area contributed by atoms with Crippen LogP contribution in [0.3, 0.4) is 0 Å². The zero-order chi connectivity index (χ0) is 19.4. The second-order valence-electron chi connectivity index (χ2n) is 4.89. The van der Waals surface area contributed by atoms with Gasteiger partial charge in [0.15, 0.2) is 25.1 Å². The van der Waals surface area contributed by atoms with Gasteiger partial charge in [0, 0.05) is 14.2 Å². The van der Waals surface area contributed by atoms with Crippen LogP contribution < -0.4 is 9.47 Å². The number of methoxy groups -OCH3 is 2. The molecule has 0 saturated heterocycles. The number of rotatable bonds is 14. The van der Waals surface area contributed by atoms with Crippen LogP contribution in [0.4, 0.5) is 0 Å². The van der Waals surface area contributed by atoms with Gasteiger partial charge < -0.3 is 33.5 Å². The molecule has 0 aliphatic rings. The predicted octanol–water partition coefficient (Wildman–Crippen LogP) is 2.62. The SMILES string of the molecule is COCCOCOc1c(Cl)cc(CC(=O)O)c(Cl)c1OCOCCOC. The van der Waals surface area contributed by atoms with E-state index in [9.17, 15) is 4.79 Å². The van der Waals surface area contributed by atoms with E-state index in [4.69, 9.17) is 56.7 Å². The Morgan fingerprint density at radius 1 is 0.962 bits per heavy atom. The summed E-state index contributed by atoms with van der Waals surface area (Å²) in [5.74, 6) is -0.830. The quantitative estimate of drug-likeness (QED) is 0.368. The summed E-state index contributed by atoms with van der Waals surface area (Å²) in [4.78, 5) is 11.0. The molecule has 0 aliphatic carbocycles. The summed E-state index contributed by atoms with van der Waals surface area (Å²) < 4.78 is 31.2. The topological polar surface area (TPSA) is 92.7 Å². The van der Waals surface area contributed by atoms with Crippen LogP contribution >= 0.6 is 23.2 Å². The second kappa shape index (κ2) is 13.0. The van der Waals surface area contributed by atoms with Gasteiger partial charge in [-0.15, -0.1) is 0 Å². The van der Waals surface area contributed by atoms with Crippen molar-refractivity contribution in [2.45, 2.75) is 6.42 Å². The zero-order valence-electron chi connectivity index (χ0n) is 14.6. The third-order valence-electron chi connectivity index (χ3n) is 2.98. The lowest BCUT2D eigenvalue weighted by molar-refractivity contribution is -0.136. The number of carbonyl (C=O) groups is 1. The van der Waals surface area contributed by atoms with Crippen molar-refractivity contribution in [2.75, 3.05) is 54.2 Å². The monoisotopic (exact) mass is 412 g/mol. The average molecular weight is 413 g/mol. The average Bonchev–Trinajstić information content (AvgIpc) is 2.59. The third-order valence-corrected chi connectivity index (χ3v) is 3.68. The summed E-state index contributed by atoms with van der Waals surface area (Å²) in [6.07, 6.45) is -0.315. The first kappa shape index (κ1) is 22.8. The molecule has 148 valence electrons. The number of halogens is 2. The fraction of sp³-hybridized carbons (Fsp3) is 0.562. The first-order valence-corrected chi connectivity index (χ1v) is 8.38. The Labute approximate surface area is 161 Å².